The third-order valence-electron chi connectivity index (χ3n) is 2.56. The van der Waals surface area contributed by atoms with Crippen molar-refractivity contribution in [2.45, 2.75) is 0 Å². The lowest BCUT2D eigenvalue weighted by Gasteiger charge is -2.02. The van der Waals surface area contributed by atoms with Gasteiger partial charge in [-0.2, -0.15) is 4.68 Å². The molecule has 0 spiro atoms. The monoisotopic (exact) mass is 325 g/mol. The van der Waals surface area contributed by atoms with Crippen LogP contribution in [0.5, 0.6) is 0 Å². The van der Waals surface area contributed by atoms with E-state index in [0.717, 1.165) is 0 Å². The fourth-order valence-electron chi connectivity index (χ4n) is 1.66. The molecule has 1 aromatic carbocycles. The van der Waals surface area contributed by atoms with Crippen molar-refractivity contribution >= 4 is 22.9 Å². The summed E-state index contributed by atoms with van der Waals surface area (Å²) >= 11 is 0. The highest BCUT2D eigenvalue weighted by Gasteiger charge is 2.34. The summed E-state index contributed by atoms with van der Waals surface area (Å²) in [7, 11) is 0. The summed E-state index contributed by atoms with van der Waals surface area (Å²) in [5.74, 6) is -0.813. The van der Waals surface area contributed by atoms with Crippen molar-refractivity contribution in [3.8, 4) is 5.69 Å². The average Bonchev–Trinajstić information content (AvgIpc) is 2.95. The van der Waals surface area contributed by atoms with Crippen LogP contribution in [0.4, 0.5) is 22.9 Å². The maximum atomic E-state index is 11.1. The lowest BCUT2D eigenvalue weighted by Crippen LogP contribution is -2.06. The normalized spacial score (nSPS) is 10.3. The van der Waals surface area contributed by atoms with E-state index in [-0.39, 0.29) is 0 Å². The zero-order valence-corrected chi connectivity index (χ0v) is 10.6. The molecule has 0 amide bonds. The van der Waals surface area contributed by atoms with E-state index in [1.165, 1.54) is 0 Å². The van der Waals surface area contributed by atoms with E-state index in [2.05, 4.69) is 10.3 Å². The highest BCUT2D eigenvalue weighted by molar-refractivity contribution is 5.69. The molecule has 0 atom stereocenters. The number of non-ortho nitro benzene ring substituents is 1. The first-order valence-electron chi connectivity index (χ1n) is 5.40. The van der Waals surface area contributed by atoms with Gasteiger partial charge < -0.3 is 10.1 Å². The number of hydrogen-bond acceptors (Lipinski definition) is 10. The van der Waals surface area contributed by atoms with Crippen molar-refractivity contribution in [2.75, 3.05) is 0 Å². The van der Waals surface area contributed by atoms with Crippen LogP contribution in [-0.4, -0.2) is 34.7 Å². The number of nitro groups is 4. The molecule has 2 rings (SSSR count). The minimum Gasteiger partial charge on any atom is -0.358 e. The van der Waals surface area contributed by atoms with Gasteiger partial charge in [-0.15, -0.1) is 0 Å². The van der Waals surface area contributed by atoms with E-state index >= 15 is 0 Å². The molecule has 0 unspecified atom stereocenters. The minimum atomic E-state index is -1.11. The van der Waals surface area contributed by atoms with Crippen LogP contribution in [0, 0.1) is 40.5 Å². The molecule has 0 N–H and O–H groups in total. The standard InChI is InChI=1S/C8H3N7O8/c16-12(17)4-1-5(13(18)19)8(6(2-4)14(20)21)11-3-7(9-10-11)15(22)23/h1-3H. The van der Waals surface area contributed by atoms with Crippen molar-refractivity contribution in [1.82, 2.24) is 15.0 Å². The van der Waals surface area contributed by atoms with Gasteiger partial charge in [0.25, 0.3) is 5.69 Å². The molecular weight excluding hydrogens is 322 g/mol. The Balaban J connectivity index is 2.82. The third kappa shape index (κ3) is 2.73. The van der Waals surface area contributed by atoms with E-state index < -0.39 is 48.3 Å². The topological polar surface area (TPSA) is 203 Å². The van der Waals surface area contributed by atoms with Crippen LogP contribution in [0.25, 0.3) is 5.69 Å². The molecule has 23 heavy (non-hydrogen) atoms. The van der Waals surface area contributed by atoms with Crippen molar-refractivity contribution in [3.05, 3.63) is 58.8 Å². The first kappa shape index (κ1) is 15.4. The Morgan fingerprint density at radius 3 is 1.70 bits per heavy atom. The Kier molecular flexibility index (Phi) is 3.60. The molecule has 1 heterocycles. The van der Waals surface area contributed by atoms with Gasteiger partial charge in [-0.3, -0.25) is 30.3 Å². The van der Waals surface area contributed by atoms with E-state index in [0.29, 0.717) is 23.0 Å². The number of aromatic nitrogens is 3. The zero-order chi connectivity index (χ0) is 17.3. The van der Waals surface area contributed by atoms with E-state index in [9.17, 15) is 40.5 Å². The summed E-state index contributed by atoms with van der Waals surface area (Å²) in [5, 5.41) is 49.7. The Bertz CT molecular complexity index is 823. The molecule has 0 aliphatic rings. The van der Waals surface area contributed by atoms with Crippen LogP contribution in [0.1, 0.15) is 0 Å². The first-order valence-corrected chi connectivity index (χ1v) is 5.40. The number of nitro benzene ring substituents is 3. The fraction of sp³-hybridized carbons (Fsp3) is 0. The molecule has 1 aromatic heterocycles. The van der Waals surface area contributed by atoms with Crippen molar-refractivity contribution in [3.63, 3.8) is 0 Å². The number of benzene rings is 1. The molecule has 0 fully saturated rings. The van der Waals surface area contributed by atoms with Crippen molar-refractivity contribution in [2.24, 2.45) is 0 Å². The van der Waals surface area contributed by atoms with Crippen LogP contribution in [-0.2, 0) is 0 Å². The number of hydrogen-bond donors (Lipinski definition) is 0. The Morgan fingerprint density at radius 1 is 0.826 bits per heavy atom. The van der Waals surface area contributed by atoms with Gasteiger partial charge in [-0.25, -0.2) is 0 Å². The second-order valence-corrected chi connectivity index (χ2v) is 3.88. The van der Waals surface area contributed by atoms with Crippen molar-refractivity contribution in [1.29, 1.82) is 0 Å². The molecule has 15 heteroatoms. The third-order valence-corrected chi connectivity index (χ3v) is 2.56. The van der Waals surface area contributed by atoms with Crippen LogP contribution < -0.4 is 0 Å². The molecular formula is C8H3N7O8. The predicted octanol–water partition coefficient (Wildman–Crippen LogP) is 0.900. The molecule has 118 valence electrons. The SMILES string of the molecule is O=[N+]([O-])c1cc([N+](=O)[O-])c(-n2cc([N+](=O)[O-])nn2)c([N+](=O)[O-])c1. The largest absolute Gasteiger partial charge is 0.411 e. The Hall–Kier alpha value is -4.04. The highest BCUT2D eigenvalue weighted by Crippen LogP contribution is 2.36. The molecule has 0 radical (unpaired) electrons. The molecule has 0 aliphatic carbocycles. The van der Waals surface area contributed by atoms with Crippen LogP contribution in [0.2, 0.25) is 0 Å². The smallest absolute Gasteiger partial charge is 0.358 e. The van der Waals surface area contributed by atoms with E-state index in [4.69, 9.17) is 0 Å². The first-order chi connectivity index (χ1) is 10.7. The summed E-state index contributed by atoms with van der Waals surface area (Å²) in [4.78, 5) is 39.2. The van der Waals surface area contributed by atoms with Crippen molar-refractivity contribution < 1.29 is 19.7 Å². The van der Waals surface area contributed by atoms with Crippen LogP contribution in [0.3, 0.4) is 0 Å². The summed E-state index contributed by atoms with van der Waals surface area (Å²) < 4.78 is 0.443. The van der Waals surface area contributed by atoms with Gasteiger partial charge in [-0.1, -0.05) is 0 Å². The van der Waals surface area contributed by atoms with Gasteiger partial charge >= 0.3 is 17.2 Å². The van der Waals surface area contributed by atoms with Gasteiger partial charge in [0.15, 0.2) is 0 Å². The Labute approximate surface area is 123 Å². The number of rotatable bonds is 5. The molecule has 2 aromatic rings. The maximum Gasteiger partial charge on any atom is 0.411 e. The highest BCUT2D eigenvalue weighted by atomic mass is 16.6. The lowest BCUT2D eigenvalue weighted by molar-refractivity contribution is -0.402. The lowest BCUT2D eigenvalue weighted by atomic mass is 10.2. The molecule has 0 bridgehead atoms. The Morgan fingerprint density at radius 2 is 1.35 bits per heavy atom. The average molecular weight is 325 g/mol. The second kappa shape index (κ2) is 5.39. The predicted molar refractivity (Wildman–Crippen MR) is 68.0 cm³/mol. The van der Waals surface area contributed by atoms with Gasteiger partial charge in [-0.05, 0) is 4.92 Å². The van der Waals surface area contributed by atoms with Crippen LogP contribution in [0.15, 0.2) is 18.3 Å². The quantitative estimate of drug-likeness (QED) is 0.560. The minimum absolute atomic E-state index is 0.443. The second-order valence-electron chi connectivity index (χ2n) is 3.88. The summed E-state index contributed by atoms with van der Waals surface area (Å²) in [6.07, 6.45) is 0.612. The maximum absolute atomic E-state index is 11.1. The van der Waals surface area contributed by atoms with Gasteiger partial charge in [0.05, 0.1) is 32.1 Å². The van der Waals surface area contributed by atoms with E-state index in [1.807, 2.05) is 0 Å². The summed E-state index contributed by atoms with van der Waals surface area (Å²) in [5.41, 5.74) is -3.72. The van der Waals surface area contributed by atoms with Crippen LogP contribution >= 0.6 is 0 Å². The molecule has 0 saturated heterocycles. The summed E-state index contributed by atoms with van der Waals surface area (Å²) in [6.45, 7) is 0. The van der Waals surface area contributed by atoms with E-state index in [1.54, 1.807) is 0 Å². The summed E-state index contributed by atoms with van der Waals surface area (Å²) in [6, 6.07) is 0.964. The van der Waals surface area contributed by atoms with Gasteiger partial charge in [0.1, 0.15) is 11.3 Å². The number of nitrogens with zero attached hydrogens (tertiary/aromatic N) is 7. The zero-order valence-electron chi connectivity index (χ0n) is 10.6. The fourth-order valence-corrected chi connectivity index (χ4v) is 1.66. The van der Waals surface area contributed by atoms with Gasteiger partial charge in [0, 0.05) is 0 Å². The molecule has 0 aliphatic heterocycles. The molecule has 0 saturated carbocycles. The van der Waals surface area contributed by atoms with Gasteiger partial charge in [0.2, 0.25) is 5.69 Å². The molecule has 15 nitrogen and oxygen atoms in total.